The highest BCUT2D eigenvalue weighted by Crippen LogP contribution is 2.25. The number of aromatic nitrogens is 2. The summed E-state index contributed by atoms with van der Waals surface area (Å²) in [4.78, 5) is 16.1. The predicted octanol–water partition coefficient (Wildman–Crippen LogP) is 2.68. The highest BCUT2D eigenvalue weighted by Gasteiger charge is 2.22. The SMILES string of the molecule is C=C1CN(c2cn[nH]c(=O)c2Br)CCN1Cc1ccccc1C. The van der Waals surface area contributed by atoms with Crippen LogP contribution in [0.2, 0.25) is 0 Å². The summed E-state index contributed by atoms with van der Waals surface area (Å²) >= 11 is 3.35. The van der Waals surface area contributed by atoms with Crippen molar-refractivity contribution in [3.05, 3.63) is 68.7 Å². The second kappa shape index (κ2) is 6.58. The number of aryl methyl sites for hydroxylation is 1. The first-order chi connectivity index (χ1) is 11.1. The first-order valence-corrected chi connectivity index (χ1v) is 8.31. The summed E-state index contributed by atoms with van der Waals surface area (Å²) < 4.78 is 0.521. The Kier molecular flexibility index (Phi) is 4.52. The minimum absolute atomic E-state index is 0.213. The van der Waals surface area contributed by atoms with Crippen molar-refractivity contribution in [1.82, 2.24) is 15.1 Å². The van der Waals surface area contributed by atoms with Crippen molar-refractivity contribution in [3.63, 3.8) is 0 Å². The van der Waals surface area contributed by atoms with Gasteiger partial charge in [0.15, 0.2) is 0 Å². The van der Waals surface area contributed by atoms with Gasteiger partial charge in [0.25, 0.3) is 5.56 Å². The van der Waals surface area contributed by atoms with Gasteiger partial charge in [0.05, 0.1) is 18.4 Å². The number of benzene rings is 1. The number of H-pyrrole nitrogens is 1. The molecule has 23 heavy (non-hydrogen) atoms. The molecule has 2 aromatic rings. The van der Waals surface area contributed by atoms with Gasteiger partial charge >= 0.3 is 0 Å². The molecule has 0 unspecified atom stereocenters. The van der Waals surface area contributed by atoms with E-state index in [-0.39, 0.29) is 5.56 Å². The number of nitrogens with zero attached hydrogens (tertiary/aromatic N) is 3. The Morgan fingerprint density at radius 3 is 2.87 bits per heavy atom. The molecule has 1 aromatic heterocycles. The zero-order chi connectivity index (χ0) is 16.4. The van der Waals surface area contributed by atoms with E-state index >= 15 is 0 Å². The molecule has 3 rings (SSSR count). The Hall–Kier alpha value is -2.08. The van der Waals surface area contributed by atoms with E-state index in [0.29, 0.717) is 11.0 Å². The third kappa shape index (κ3) is 3.32. The van der Waals surface area contributed by atoms with E-state index in [0.717, 1.165) is 31.0 Å². The summed E-state index contributed by atoms with van der Waals surface area (Å²) in [5.41, 5.74) is 4.26. The van der Waals surface area contributed by atoms with Crippen molar-refractivity contribution in [2.45, 2.75) is 13.5 Å². The third-order valence-electron chi connectivity index (χ3n) is 4.20. The maximum absolute atomic E-state index is 11.7. The average molecular weight is 375 g/mol. The Morgan fingerprint density at radius 1 is 1.35 bits per heavy atom. The third-order valence-corrected chi connectivity index (χ3v) is 4.97. The second-order valence-electron chi connectivity index (χ2n) is 5.73. The van der Waals surface area contributed by atoms with Crippen molar-refractivity contribution >= 4 is 21.6 Å². The first-order valence-electron chi connectivity index (χ1n) is 7.51. The molecule has 1 N–H and O–H groups in total. The van der Waals surface area contributed by atoms with Crippen LogP contribution in [0, 0.1) is 6.92 Å². The number of anilines is 1. The molecule has 1 aliphatic heterocycles. The zero-order valence-electron chi connectivity index (χ0n) is 13.1. The fourth-order valence-corrected chi connectivity index (χ4v) is 3.22. The minimum Gasteiger partial charge on any atom is -0.368 e. The fraction of sp³-hybridized carbons (Fsp3) is 0.294. The van der Waals surface area contributed by atoms with Gasteiger partial charge in [0, 0.05) is 25.3 Å². The molecule has 1 aliphatic rings. The van der Waals surface area contributed by atoms with E-state index in [9.17, 15) is 4.79 Å². The number of hydrogen-bond donors (Lipinski definition) is 1. The zero-order valence-corrected chi connectivity index (χ0v) is 14.6. The van der Waals surface area contributed by atoms with Gasteiger partial charge in [-0.1, -0.05) is 30.8 Å². The Bertz CT molecular complexity index is 786. The van der Waals surface area contributed by atoms with E-state index in [1.807, 2.05) is 0 Å². The number of aromatic amines is 1. The molecule has 5 nitrogen and oxygen atoms in total. The van der Waals surface area contributed by atoms with Gasteiger partial charge in [-0.05, 0) is 34.0 Å². The van der Waals surface area contributed by atoms with Crippen LogP contribution in [0.25, 0.3) is 0 Å². The first kappa shape index (κ1) is 15.8. The summed E-state index contributed by atoms with van der Waals surface area (Å²) in [5.74, 6) is 0. The number of halogens is 1. The van der Waals surface area contributed by atoms with Crippen LogP contribution in [0.4, 0.5) is 5.69 Å². The normalized spacial score (nSPS) is 15.1. The Labute approximate surface area is 143 Å². The molecule has 0 amide bonds. The molecule has 6 heteroatoms. The lowest BCUT2D eigenvalue weighted by molar-refractivity contribution is 0.312. The largest absolute Gasteiger partial charge is 0.368 e. The van der Waals surface area contributed by atoms with Gasteiger partial charge < -0.3 is 9.80 Å². The maximum Gasteiger partial charge on any atom is 0.280 e. The molecule has 0 atom stereocenters. The molecular weight excluding hydrogens is 356 g/mol. The predicted molar refractivity (Wildman–Crippen MR) is 95.5 cm³/mol. The Balaban J connectivity index is 1.73. The standard InChI is InChI=1S/C17H19BrN4O/c1-12-5-3-4-6-14(12)11-21-7-8-22(10-13(21)2)15-9-19-20-17(23)16(15)18/h3-6,9H,2,7-8,10-11H2,1H3,(H,20,23). The van der Waals surface area contributed by atoms with Crippen LogP contribution in [-0.2, 0) is 6.54 Å². The highest BCUT2D eigenvalue weighted by molar-refractivity contribution is 9.10. The number of hydrogen-bond acceptors (Lipinski definition) is 4. The van der Waals surface area contributed by atoms with E-state index in [1.165, 1.54) is 11.1 Å². The summed E-state index contributed by atoms with van der Waals surface area (Å²) in [6.07, 6.45) is 1.68. The molecule has 0 saturated carbocycles. The van der Waals surface area contributed by atoms with E-state index in [4.69, 9.17) is 0 Å². The van der Waals surface area contributed by atoms with E-state index < -0.39 is 0 Å². The molecule has 1 fully saturated rings. The number of nitrogens with one attached hydrogen (secondary N) is 1. The monoisotopic (exact) mass is 374 g/mol. The van der Waals surface area contributed by atoms with E-state index in [2.05, 4.69) is 73.7 Å². The molecule has 120 valence electrons. The molecule has 0 aliphatic carbocycles. The van der Waals surface area contributed by atoms with Crippen molar-refractivity contribution in [2.75, 3.05) is 24.5 Å². The van der Waals surface area contributed by atoms with Crippen LogP contribution in [0.3, 0.4) is 0 Å². The van der Waals surface area contributed by atoms with Crippen molar-refractivity contribution in [3.8, 4) is 0 Å². The van der Waals surface area contributed by atoms with Crippen LogP contribution in [0.1, 0.15) is 11.1 Å². The van der Waals surface area contributed by atoms with Crippen molar-refractivity contribution in [1.29, 1.82) is 0 Å². The van der Waals surface area contributed by atoms with Gasteiger partial charge in [0.1, 0.15) is 4.47 Å². The summed E-state index contributed by atoms with van der Waals surface area (Å²) in [6, 6.07) is 8.42. The molecule has 0 spiro atoms. The van der Waals surface area contributed by atoms with Gasteiger partial charge in [-0.25, -0.2) is 5.10 Å². The summed E-state index contributed by atoms with van der Waals surface area (Å²) in [6.45, 7) is 9.60. The molecule has 0 radical (unpaired) electrons. The average Bonchev–Trinajstić information content (AvgIpc) is 2.54. The minimum atomic E-state index is -0.213. The van der Waals surface area contributed by atoms with E-state index in [1.54, 1.807) is 6.20 Å². The number of rotatable bonds is 3. The van der Waals surface area contributed by atoms with Crippen LogP contribution in [0.5, 0.6) is 0 Å². The molecule has 1 saturated heterocycles. The molecule has 2 heterocycles. The summed E-state index contributed by atoms with van der Waals surface area (Å²) in [7, 11) is 0. The van der Waals surface area contributed by atoms with Crippen molar-refractivity contribution < 1.29 is 0 Å². The molecule has 0 bridgehead atoms. The van der Waals surface area contributed by atoms with Crippen molar-refractivity contribution in [2.24, 2.45) is 0 Å². The van der Waals surface area contributed by atoms with Crippen LogP contribution in [-0.4, -0.2) is 34.7 Å². The van der Waals surface area contributed by atoms with Gasteiger partial charge in [-0.2, -0.15) is 5.10 Å². The summed E-state index contributed by atoms with van der Waals surface area (Å²) in [5, 5.41) is 6.32. The lowest BCUT2D eigenvalue weighted by atomic mass is 10.1. The maximum atomic E-state index is 11.7. The van der Waals surface area contributed by atoms with Gasteiger partial charge in [0.2, 0.25) is 0 Å². The van der Waals surface area contributed by atoms with Gasteiger partial charge in [-0.3, -0.25) is 4.79 Å². The topological polar surface area (TPSA) is 52.2 Å². The fourth-order valence-electron chi connectivity index (χ4n) is 2.78. The lowest BCUT2D eigenvalue weighted by Crippen LogP contribution is -2.44. The lowest BCUT2D eigenvalue weighted by Gasteiger charge is -2.39. The molecule has 1 aromatic carbocycles. The van der Waals surface area contributed by atoms with Crippen LogP contribution < -0.4 is 10.5 Å². The second-order valence-corrected chi connectivity index (χ2v) is 6.53. The van der Waals surface area contributed by atoms with Crippen LogP contribution in [0.15, 0.2) is 52.0 Å². The highest BCUT2D eigenvalue weighted by atomic mass is 79.9. The Morgan fingerprint density at radius 2 is 2.13 bits per heavy atom. The molecular formula is C17H19BrN4O. The van der Waals surface area contributed by atoms with Crippen LogP contribution >= 0.6 is 15.9 Å². The quantitative estimate of drug-likeness (QED) is 0.897. The number of piperazine rings is 1. The smallest absolute Gasteiger partial charge is 0.280 e. The van der Waals surface area contributed by atoms with Gasteiger partial charge in [-0.15, -0.1) is 0 Å².